The van der Waals surface area contributed by atoms with E-state index in [1.165, 1.54) is 7.11 Å². The summed E-state index contributed by atoms with van der Waals surface area (Å²) >= 11 is 0. The Bertz CT molecular complexity index is 798. The molecule has 6 heteroatoms. The highest BCUT2D eigenvalue weighted by molar-refractivity contribution is 5.92. The third-order valence-corrected chi connectivity index (χ3v) is 4.54. The largest absolute Gasteiger partial charge is 0.465 e. The molecule has 2 amide bonds. The molecule has 0 radical (unpaired) electrons. The number of urea groups is 1. The van der Waals surface area contributed by atoms with Gasteiger partial charge < -0.3 is 14.4 Å². The number of carbonyl (C=O) groups excluding carboxylic acids is 2. The number of rotatable bonds is 4. The summed E-state index contributed by atoms with van der Waals surface area (Å²) in [5, 5.41) is 0. The monoisotopic (exact) mass is 368 g/mol. The van der Waals surface area contributed by atoms with Crippen molar-refractivity contribution in [2.75, 3.05) is 38.3 Å². The molecule has 6 nitrogen and oxygen atoms in total. The van der Waals surface area contributed by atoms with Crippen molar-refractivity contribution >= 4 is 17.7 Å². The second-order valence-electron chi connectivity index (χ2n) is 6.50. The van der Waals surface area contributed by atoms with Crippen LogP contribution in [0.2, 0.25) is 0 Å². The first-order chi connectivity index (χ1) is 13.1. The normalized spacial score (nSPS) is 13.9. The van der Waals surface area contributed by atoms with E-state index in [0.717, 1.165) is 16.8 Å². The lowest BCUT2D eigenvalue weighted by atomic mass is 10.1. The van der Waals surface area contributed by atoms with Gasteiger partial charge in [0, 0.05) is 18.8 Å². The molecule has 3 rings (SSSR count). The lowest BCUT2D eigenvalue weighted by Gasteiger charge is -2.33. The molecular formula is C21H24N2O4. The molecule has 0 spiro atoms. The molecule has 1 fully saturated rings. The molecule has 0 unspecified atom stereocenters. The van der Waals surface area contributed by atoms with Crippen LogP contribution in [0.15, 0.2) is 48.5 Å². The second-order valence-corrected chi connectivity index (χ2v) is 6.50. The van der Waals surface area contributed by atoms with Gasteiger partial charge in [0.15, 0.2) is 0 Å². The van der Waals surface area contributed by atoms with E-state index < -0.39 is 0 Å². The van der Waals surface area contributed by atoms with Crippen LogP contribution in [0, 0.1) is 6.92 Å². The van der Waals surface area contributed by atoms with E-state index >= 15 is 0 Å². The maximum atomic E-state index is 13.2. The smallest absolute Gasteiger partial charge is 0.337 e. The van der Waals surface area contributed by atoms with Gasteiger partial charge in [-0.2, -0.15) is 0 Å². The Balaban J connectivity index is 1.85. The van der Waals surface area contributed by atoms with Gasteiger partial charge in [-0.1, -0.05) is 24.3 Å². The number of ether oxygens (including phenoxy) is 2. The summed E-state index contributed by atoms with van der Waals surface area (Å²) in [6.45, 7) is 4.71. The highest BCUT2D eigenvalue weighted by Crippen LogP contribution is 2.21. The van der Waals surface area contributed by atoms with Crippen molar-refractivity contribution in [3.8, 4) is 0 Å². The zero-order chi connectivity index (χ0) is 19.2. The summed E-state index contributed by atoms with van der Waals surface area (Å²) in [6.07, 6.45) is 0. The van der Waals surface area contributed by atoms with E-state index in [-0.39, 0.29) is 12.0 Å². The molecule has 0 atom stereocenters. The van der Waals surface area contributed by atoms with Crippen molar-refractivity contribution in [1.29, 1.82) is 0 Å². The van der Waals surface area contributed by atoms with E-state index in [1.807, 2.05) is 48.2 Å². The topological polar surface area (TPSA) is 59.1 Å². The Morgan fingerprint density at radius 1 is 1.11 bits per heavy atom. The van der Waals surface area contributed by atoms with Crippen molar-refractivity contribution in [3.63, 3.8) is 0 Å². The van der Waals surface area contributed by atoms with Gasteiger partial charge >= 0.3 is 12.0 Å². The number of methoxy groups -OCH3 is 1. The highest BCUT2D eigenvalue weighted by atomic mass is 16.5. The Morgan fingerprint density at radius 2 is 1.81 bits per heavy atom. The minimum atomic E-state index is -0.374. The summed E-state index contributed by atoms with van der Waals surface area (Å²) in [7, 11) is 1.36. The van der Waals surface area contributed by atoms with Crippen LogP contribution in [0.25, 0.3) is 0 Å². The number of anilines is 1. The van der Waals surface area contributed by atoms with Gasteiger partial charge in [0.05, 0.1) is 32.4 Å². The van der Waals surface area contributed by atoms with Gasteiger partial charge in [-0.15, -0.1) is 0 Å². The lowest BCUT2D eigenvalue weighted by molar-refractivity contribution is 0.0548. The lowest BCUT2D eigenvalue weighted by Crippen LogP contribution is -2.48. The number of carbonyl (C=O) groups is 2. The fourth-order valence-electron chi connectivity index (χ4n) is 3.04. The molecule has 1 saturated heterocycles. The summed E-state index contributed by atoms with van der Waals surface area (Å²) in [5.41, 5.74) is 3.37. The molecule has 1 heterocycles. The number of nitrogens with zero attached hydrogens (tertiary/aromatic N) is 2. The fourth-order valence-corrected chi connectivity index (χ4v) is 3.04. The molecule has 1 aliphatic rings. The van der Waals surface area contributed by atoms with Crippen LogP contribution in [0.1, 0.15) is 21.5 Å². The molecule has 0 aliphatic carbocycles. The van der Waals surface area contributed by atoms with Gasteiger partial charge in [0.1, 0.15) is 0 Å². The van der Waals surface area contributed by atoms with Crippen LogP contribution in [0.5, 0.6) is 0 Å². The molecule has 0 bridgehead atoms. The van der Waals surface area contributed by atoms with Crippen molar-refractivity contribution in [2.24, 2.45) is 0 Å². The van der Waals surface area contributed by atoms with Crippen LogP contribution in [-0.4, -0.2) is 50.3 Å². The van der Waals surface area contributed by atoms with Crippen LogP contribution < -0.4 is 4.90 Å². The van der Waals surface area contributed by atoms with Gasteiger partial charge in [0.25, 0.3) is 0 Å². The minimum absolute atomic E-state index is 0.0408. The molecular weight excluding hydrogens is 344 g/mol. The number of benzene rings is 2. The third kappa shape index (κ3) is 4.65. The van der Waals surface area contributed by atoms with Crippen molar-refractivity contribution < 1.29 is 19.1 Å². The molecule has 2 aromatic rings. The molecule has 1 aliphatic heterocycles. The predicted molar refractivity (Wildman–Crippen MR) is 103 cm³/mol. The summed E-state index contributed by atoms with van der Waals surface area (Å²) < 4.78 is 10.1. The number of hydrogen-bond donors (Lipinski definition) is 0. The van der Waals surface area contributed by atoms with Crippen LogP contribution in [-0.2, 0) is 16.0 Å². The van der Waals surface area contributed by atoms with E-state index in [0.29, 0.717) is 38.4 Å². The standard InChI is InChI=1S/C21H24N2O4/c1-16-4-3-5-19(14-16)23(21(25)22-10-12-27-13-11-22)15-17-6-8-18(9-7-17)20(24)26-2/h3-9,14H,10-13,15H2,1-2H3. The Labute approximate surface area is 159 Å². The third-order valence-electron chi connectivity index (χ3n) is 4.54. The Hall–Kier alpha value is -2.86. The molecule has 2 aromatic carbocycles. The summed E-state index contributed by atoms with van der Waals surface area (Å²) in [6, 6.07) is 15.0. The zero-order valence-corrected chi connectivity index (χ0v) is 15.7. The number of esters is 1. The van der Waals surface area contributed by atoms with E-state index in [1.54, 1.807) is 17.0 Å². The van der Waals surface area contributed by atoms with Crippen molar-refractivity contribution in [2.45, 2.75) is 13.5 Å². The van der Waals surface area contributed by atoms with Gasteiger partial charge in [-0.25, -0.2) is 9.59 Å². The average molecular weight is 368 g/mol. The van der Waals surface area contributed by atoms with Crippen LogP contribution >= 0.6 is 0 Å². The molecule has 0 N–H and O–H groups in total. The summed E-state index contributed by atoms with van der Waals surface area (Å²) in [5.74, 6) is -0.374. The number of aryl methyl sites for hydroxylation is 1. The summed E-state index contributed by atoms with van der Waals surface area (Å²) in [4.78, 5) is 28.4. The fraction of sp³-hybridized carbons (Fsp3) is 0.333. The molecule has 27 heavy (non-hydrogen) atoms. The maximum Gasteiger partial charge on any atom is 0.337 e. The first-order valence-corrected chi connectivity index (χ1v) is 8.96. The van der Waals surface area contributed by atoms with Gasteiger partial charge in [0.2, 0.25) is 0 Å². The first-order valence-electron chi connectivity index (χ1n) is 8.96. The second kappa shape index (κ2) is 8.68. The first kappa shape index (κ1) is 18.9. The van der Waals surface area contributed by atoms with E-state index in [2.05, 4.69) is 0 Å². The van der Waals surface area contributed by atoms with E-state index in [9.17, 15) is 9.59 Å². The Morgan fingerprint density at radius 3 is 2.44 bits per heavy atom. The predicted octanol–water partition coefficient (Wildman–Crippen LogP) is 3.24. The highest BCUT2D eigenvalue weighted by Gasteiger charge is 2.24. The van der Waals surface area contributed by atoms with Gasteiger partial charge in [-0.05, 0) is 42.3 Å². The molecule has 142 valence electrons. The van der Waals surface area contributed by atoms with E-state index in [4.69, 9.17) is 9.47 Å². The van der Waals surface area contributed by atoms with Crippen LogP contribution in [0.3, 0.4) is 0 Å². The zero-order valence-electron chi connectivity index (χ0n) is 15.7. The minimum Gasteiger partial charge on any atom is -0.465 e. The number of amides is 2. The average Bonchev–Trinajstić information content (AvgIpc) is 2.72. The van der Waals surface area contributed by atoms with Crippen molar-refractivity contribution in [1.82, 2.24) is 4.90 Å². The van der Waals surface area contributed by atoms with Gasteiger partial charge in [-0.3, -0.25) is 4.90 Å². The quantitative estimate of drug-likeness (QED) is 0.778. The molecule has 0 saturated carbocycles. The Kier molecular flexibility index (Phi) is 6.08. The van der Waals surface area contributed by atoms with Crippen molar-refractivity contribution in [3.05, 3.63) is 65.2 Å². The van der Waals surface area contributed by atoms with Crippen LogP contribution in [0.4, 0.5) is 10.5 Å². The number of hydrogen-bond acceptors (Lipinski definition) is 4. The number of morpholine rings is 1. The maximum absolute atomic E-state index is 13.2. The SMILES string of the molecule is COC(=O)c1ccc(CN(C(=O)N2CCOCC2)c2cccc(C)c2)cc1. The molecule has 0 aromatic heterocycles.